The fourth-order valence-electron chi connectivity index (χ4n) is 4.41. The molecular weight excluding hydrogens is 416 g/mol. The molecule has 1 amide bonds. The van der Waals surface area contributed by atoms with Gasteiger partial charge in [-0.15, -0.1) is 11.3 Å². The second-order valence-electron chi connectivity index (χ2n) is 10.2. The number of carbonyl (C=O) groups is 1. The summed E-state index contributed by atoms with van der Waals surface area (Å²) in [4.78, 5) is 29.8. The lowest BCUT2D eigenvalue weighted by Gasteiger charge is -2.36. The lowest BCUT2D eigenvalue weighted by atomic mass is 9.86. The molecule has 2 fully saturated rings. The minimum absolute atomic E-state index is 0.0908. The largest absolute Gasteiger partial charge is 0.352 e. The van der Waals surface area contributed by atoms with Gasteiger partial charge in [-0.25, -0.2) is 9.97 Å². The second-order valence-corrected chi connectivity index (χ2v) is 11.5. The lowest BCUT2D eigenvalue weighted by Crippen LogP contribution is -2.49. The van der Waals surface area contributed by atoms with E-state index in [-0.39, 0.29) is 11.3 Å². The van der Waals surface area contributed by atoms with E-state index in [1.165, 1.54) is 34.2 Å². The number of piperazine rings is 1. The highest BCUT2D eigenvalue weighted by Crippen LogP contribution is 2.42. The van der Waals surface area contributed by atoms with Gasteiger partial charge in [0.1, 0.15) is 16.5 Å². The van der Waals surface area contributed by atoms with E-state index in [0.29, 0.717) is 19.0 Å². The quantitative estimate of drug-likeness (QED) is 0.535. The first-order chi connectivity index (χ1) is 15.2. The molecule has 2 aromatic heterocycles. The molecule has 0 unspecified atom stereocenters. The summed E-state index contributed by atoms with van der Waals surface area (Å²) in [6.45, 7) is 14.0. The number of carbonyl (C=O) groups excluding carboxylic acids is 1. The summed E-state index contributed by atoms with van der Waals surface area (Å²) >= 11 is 1.78. The molecule has 0 spiro atoms. The number of hydrogen-bond donors (Lipinski definition) is 0. The fraction of sp³-hybridized carbons (Fsp3) is 0.500. The normalized spacial score (nSPS) is 17.3. The molecule has 1 saturated heterocycles. The van der Waals surface area contributed by atoms with Gasteiger partial charge in [-0.05, 0) is 55.4 Å². The van der Waals surface area contributed by atoms with E-state index in [2.05, 4.69) is 51.7 Å². The van der Waals surface area contributed by atoms with Crippen LogP contribution in [0, 0.1) is 13.8 Å². The molecule has 32 heavy (non-hydrogen) atoms. The van der Waals surface area contributed by atoms with Gasteiger partial charge in [0, 0.05) is 42.5 Å². The van der Waals surface area contributed by atoms with Gasteiger partial charge in [0.05, 0.1) is 5.39 Å². The van der Waals surface area contributed by atoms with Gasteiger partial charge in [-0.2, -0.15) is 0 Å². The third-order valence-corrected chi connectivity index (χ3v) is 7.93. The van der Waals surface area contributed by atoms with E-state index < -0.39 is 0 Å². The van der Waals surface area contributed by atoms with Crippen molar-refractivity contribution in [1.82, 2.24) is 14.9 Å². The molecule has 1 aromatic carbocycles. The molecule has 5 nitrogen and oxygen atoms in total. The number of fused-ring (bicyclic) bond motifs is 1. The summed E-state index contributed by atoms with van der Waals surface area (Å²) < 4.78 is 0. The van der Waals surface area contributed by atoms with Crippen molar-refractivity contribution in [3.8, 4) is 0 Å². The molecule has 3 aromatic rings. The number of anilines is 1. The third kappa shape index (κ3) is 3.90. The fourth-order valence-corrected chi connectivity index (χ4v) is 5.44. The molecule has 3 heterocycles. The smallest absolute Gasteiger partial charge is 0.253 e. The van der Waals surface area contributed by atoms with Gasteiger partial charge in [-0.1, -0.05) is 32.9 Å². The highest BCUT2D eigenvalue weighted by Gasteiger charge is 2.31. The van der Waals surface area contributed by atoms with Gasteiger partial charge in [0.25, 0.3) is 5.91 Å². The molecule has 1 aliphatic carbocycles. The van der Waals surface area contributed by atoms with E-state index >= 15 is 0 Å². The first-order valence-electron chi connectivity index (χ1n) is 11.6. The number of aryl methyl sites for hydroxylation is 2. The molecule has 6 heteroatoms. The molecule has 0 N–H and O–H groups in total. The number of hydrogen-bond acceptors (Lipinski definition) is 5. The first kappa shape index (κ1) is 21.4. The van der Waals surface area contributed by atoms with Crippen molar-refractivity contribution < 1.29 is 4.79 Å². The Labute approximate surface area is 194 Å². The van der Waals surface area contributed by atoms with Crippen LogP contribution >= 0.6 is 11.3 Å². The zero-order valence-corrected chi connectivity index (χ0v) is 20.6. The molecule has 2 aliphatic rings. The number of aromatic nitrogens is 2. The Hall–Kier alpha value is -2.47. The Balaban J connectivity index is 1.35. The van der Waals surface area contributed by atoms with E-state index in [1.54, 1.807) is 11.3 Å². The maximum atomic E-state index is 13.1. The van der Waals surface area contributed by atoms with Crippen LogP contribution in [0.15, 0.2) is 24.3 Å². The van der Waals surface area contributed by atoms with Gasteiger partial charge in [0.15, 0.2) is 0 Å². The highest BCUT2D eigenvalue weighted by molar-refractivity contribution is 7.18. The van der Waals surface area contributed by atoms with Crippen molar-refractivity contribution >= 4 is 33.3 Å². The van der Waals surface area contributed by atoms with E-state index in [1.807, 2.05) is 17.0 Å². The summed E-state index contributed by atoms with van der Waals surface area (Å²) in [5, 5.41) is 1.20. The van der Waals surface area contributed by atoms with Crippen LogP contribution in [0.2, 0.25) is 0 Å². The maximum Gasteiger partial charge on any atom is 0.253 e. The Kier molecular flexibility index (Phi) is 5.24. The zero-order valence-electron chi connectivity index (χ0n) is 19.7. The average molecular weight is 449 g/mol. The maximum absolute atomic E-state index is 13.1. The van der Waals surface area contributed by atoms with Crippen LogP contribution in [0.5, 0.6) is 0 Å². The van der Waals surface area contributed by atoms with Crippen molar-refractivity contribution in [2.45, 2.75) is 58.8 Å². The Morgan fingerprint density at radius 2 is 1.66 bits per heavy atom. The summed E-state index contributed by atoms with van der Waals surface area (Å²) in [5.74, 6) is 2.73. The van der Waals surface area contributed by atoms with Gasteiger partial charge in [-0.3, -0.25) is 4.79 Å². The van der Waals surface area contributed by atoms with Crippen LogP contribution in [0.1, 0.15) is 71.7 Å². The molecule has 0 bridgehead atoms. The Morgan fingerprint density at radius 3 is 2.25 bits per heavy atom. The van der Waals surface area contributed by atoms with Crippen molar-refractivity contribution in [3.05, 3.63) is 51.7 Å². The molecule has 168 valence electrons. The molecule has 0 atom stereocenters. The second kappa shape index (κ2) is 7.84. The first-order valence-corrected chi connectivity index (χ1v) is 12.5. The van der Waals surface area contributed by atoms with Crippen LogP contribution in [-0.4, -0.2) is 47.0 Å². The predicted molar refractivity (Wildman–Crippen MR) is 132 cm³/mol. The number of amides is 1. The molecule has 0 radical (unpaired) electrons. The van der Waals surface area contributed by atoms with Gasteiger partial charge in [0.2, 0.25) is 0 Å². The molecular formula is C26H32N4OS. The number of rotatable bonds is 3. The van der Waals surface area contributed by atoms with Crippen LogP contribution in [-0.2, 0) is 5.41 Å². The molecule has 1 aliphatic heterocycles. The number of thiophene rings is 1. The van der Waals surface area contributed by atoms with Gasteiger partial charge < -0.3 is 9.80 Å². The minimum Gasteiger partial charge on any atom is -0.352 e. The van der Waals surface area contributed by atoms with Crippen LogP contribution in [0.3, 0.4) is 0 Å². The Morgan fingerprint density at radius 1 is 1.00 bits per heavy atom. The summed E-state index contributed by atoms with van der Waals surface area (Å²) in [7, 11) is 0. The standard InChI is InChI=1S/C26H32N4OS/c1-16-17(2)32-24-21(16)23(27-22(28-24)18-6-7-18)29-12-14-30(15-13-29)25(31)19-8-10-20(11-9-19)26(3,4)5/h8-11,18H,6-7,12-15H2,1-5H3. The zero-order chi connectivity index (χ0) is 22.6. The van der Waals surface area contributed by atoms with Crippen LogP contribution in [0.4, 0.5) is 5.82 Å². The topological polar surface area (TPSA) is 49.3 Å². The van der Waals surface area contributed by atoms with Crippen molar-refractivity contribution in [2.75, 3.05) is 31.1 Å². The van der Waals surface area contributed by atoms with Crippen molar-refractivity contribution in [2.24, 2.45) is 0 Å². The molecule has 5 rings (SSSR count). The van der Waals surface area contributed by atoms with Crippen molar-refractivity contribution in [1.29, 1.82) is 0 Å². The number of benzene rings is 1. The predicted octanol–water partition coefficient (Wildman–Crippen LogP) is 5.45. The lowest BCUT2D eigenvalue weighted by molar-refractivity contribution is 0.0746. The van der Waals surface area contributed by atoms with E-state index in [0.717, 1.165) is 35.1 Å². The summed E-state index contributed by atoms with van der Waals surface area (Å²) in [6, 6.07) is 8.12. The highest BCUT2D eigenvalue weighted by atomic mass is 32.1. The van der Waals surface area contributed by atoms with E-state index in [4.69, 9.17) is 9.97 Å². The monoisotopic (exact) mass is 448 g/mol. The van der Waals surface area contributed by atoms with E-state index in [9.17, 15) is 4.79 Å². The van der Waals surface area contributed by atoms with Crippen LogP contribution in [0.25, 0.3) is 10.2 Å². The van der Waals surface area contributed by atoms with Gasteiger partial charge >= 0.3 is 0 Å². The SMILES string of the molecule is Cc1sc2nc(C3CC3)nc(N3CCN(C(=O)c4ccc(C(C)(C)C)cc4)CC3)c2c1C. The number of nitrogens with zero attached hydrogens (tertiary/aromatic N) is 4. The van der Waals surface area contributed by atoms with Crippen molar-refractivity contribution in [3.63, 3.8) is 0 Å². The minimum atomic E-state index is 0.0908. The summed E-state index contributed by atoms with van der Waals surface area (Å²) in [6.07, 6.45) is 2.40. The third-order valence-electron chi connectivity index (χ3n) is 6.83. The van der Waals surface area contributed by atoms with Crippen LogP contribution < -0.4 is 4.90 Å². The molecule has 1 saturated carbocycles. The summed E-state index contributed by atoms with van der Waals surface area (Å²) in [5.41, 5.74) is 3.41. The average Bonchev–Trinajstić information content (AvgIpc) is 3.59. The Bertz CT molecular complexity index is 1160.